The third-order valence-electron chi connectivity index (χ3n) is 3.71. The number of ether oxygens (including phenoxy) is 2. The molecule has 1 aliphatic heterocycles. The van der Waals surface area contributed by atoms with Crippen LogP contribution >= 0.6 is 0 Å². The normalized spacial score (nSPS) is 18.0. The molecule has 23 heavy (non-hydrogen) atoms. The molecule has 128 valence electrons. The molecular weight excluding hydrogens is 299 g/mol. The van der Waals surface area contributed by atoms with Crippen LogP contribution in [0.3, 0.4) is 0 Å². The van der Waals surface area contributed by atoms with E-state index in [-0.39, 0.29) is 17.8 Å². The molecule has 0 spiro atoms. The van der Waals surface area contributed by atoms with Crippen molar-refractivity contribution in [3.63, 3.8) is 0 Å². The lowest BCUT2D eigenvalue weighted by atomic mass is 10.1. The fourth-order valence-corrected chi connectivity index (χ4v) is 2.55. The van der Waals surface area contributed by atoms with Crippen LogP contribution in [0.1, 0.15) is 19.3 Å². The van der Waals surface area contributed by atoms with E-state index in [0.717, 1.165) is 26.0 Å². The molecule has 1 aromatic rings. The Kier molecular flexibility index (Phi) is 7.29. The van der Waals surface area contributed by atoms with Crippen molar-refractivity contribution in [1.29, 1.82) is 0 Å². The van der Waals surface area contributed by atoms with Crippen molar-refractivity contribution in [2.75, 3.05) is 39.9 Å². The van der Waals surface area contributed by atoms with Crippen molar-refractivity contribution < 1.29 is 18.7 Å². The van der Waals surface area contributed by atoms with Gasteiger partial charge < -0.3 is 14.8 Å². The summed E-state index contributed by atoms with van der Waals surface area (Å²) >= 11 is 0. The Balaban J connectivity index is 1.56. The second-order valence-electron chi connectivity index (χ2n) is 5.84. The van der Waals surface area contributed by atoms with Crippen molar-refractivity contribution in [2.24, 2.45) is 0 Å². The largest absolute Gasteiger partial charge is 0.492 e. The van der Waals surface area contributed by atoms with Gasteiger partial charge in [-0.25, -0.2) is 4.39 Å². The van der Waals surface area contributed by atoms with Crippen molar-refractivity contribution >= 4 is 5.91 Å². The van der Waals surface area contributed by atoms with Crippen molar-refractivity contribution in [2.45, 2.75) is 25.4 Å². The smallest absolute Gasteiger partial charge is 0.234 e. The van der Waals surface area contributed by atoms with Gasteiger partial charge in [-0.3, -0.25) is 9.69 Å². The predicted octanol–water partition coefficient (Wildman–Crippen LogP) is 1.82. The first-order valence-corrected chi connectivity index (χ1v) is 8.08. The molecule has 0 aliphatic carbocycles. The van der Waals surface area contributed by atoms with E-state index in [1.54, 1.807) is 12.1 Å². The van der Waals surface area contributed by atoms with Crippen molar-refractivity contribution in [1.82, 2.24) is 10.2 Å². The van der Waals surface area contributed by atoms with E-state index in [0.29, 0.717) is 25.4 Å². The highest BCUT2D eigenvalue weighted by Gasteiger charge is 2.17. The van der Waals surface area contributed by atoms with Crippen LogP contribution in [0.2, 0.25) is 0 Å². The first kappa shape index (κ1) is 17.7. The molecule has 1 N–H and O–H groups in total. The standard InChI is InChI=1S/C17H25FN2O3/c1-20(12-16-4-2-3-10-22-16)13-17(21)19-9-11-23-15-7-5-14(18)6-8-15/h5-8,16H,2-4,9-13H2,1H3,(H,19,21). The van der Waals surface area contributed by atoms with E-state index in [4.69, 9.17) is 9.47 Å². The number of nitrogens with one attached hydrogen (secondary N) is 1. The van der Waals surface area contributed by atoms with Gasteiger partial charge in [0.2, 0.25) is 5.91 Å². The molecule has 1 aromatic carbocycles. The Morgan fingerprint density at radius 3 is 2.87 bits per heavy atom. The van der Waals surface area contributed by atoms with Crippen LogP contribution in [0.25, 0.3) is 0 Å². The van der Waals surface area contributed by atoms with E-state index < -0.39 is 0 Å². The van der Waals surface area contributed by atoms with Gasteiger partial charge in [0, 0.05) is 13.2 Å². The maximum absolute atomic E-state index is 12.7. The molecule has 1 heterocycles. The van der Waals surface area contributed by atoms with Crippen LogP contribution in [-0.4, -0.2) is 56.8 Å². The fourth-order valence-electron chi connectivity index (χ4n) is 2.55. The SMILES string of the molecule is CN(CC(=O)NCCOc1ccc(F)cc1)CC1CCCCO1. The first-order valence-electron chi connectivity index (χ1n) is 8.08. The number of halogens is 1. The van der Waals surface area contributed by atoms with Gasteiger partial charge in [0.15, 0.2) is 0 Å². The van der Waals surface area contributed by atoms with Crippen LogP contribution < -0.4 is 10.1 Å². The molecule has 2 rings (SSSR count). The molecule has 6 heteroatoms. The molecule has 5 nitrogen and oxygen atoms in total. The number of amides is 1. The second kappa shape index (κ2) is 9.47. The van der Waals surface area contributed by atoms with Crippen molar-refractivity contribution in [3.05, 3.63) is 30.1 Å². The topological polar surface area (TPSA) is 50.8 Å². The zero-order valence-corrected chi connectivity index (χ0v) is 13.6. The third-order valence-corrected chi connectivity index (χ3v) is 3.71. The Bertz CT molecular complexity index is 475. The summed E-state index contributed by atoms with van der Waals surface area (Å²) < 4.78 is 23.8. The highest BCUT2D eigenvalue weighted by molar-refractivity contribution is 5.77. The number of benzene rings is 1. The van der Waals surface area contributed by atoms with Gasteiger partial charge in [-0.15, -0.1) is 0 Å². The minimum Gasteiger partial charge on any atom is -0.492 e. The Hall–Kier alpha value is -1.66. The molecular formula is C17H25FN2O3. The van der Waals surface area contributed by atoms with Gasteiger partial charge in [0.05, 0.1) is 19.2 Å². The molecule has 1 saturated heterocycles. The summed E-state index contributed by atoms with van der Waals surface area (Å²) in [4.78, 5) is 13.8. The molecule has 0 saturated carbocycles. The molecule has 1 atom stereocenters. The van der Waals surface area contributed by atoms with Gasteiger partial charge in [-0.05, 0) is 50.6 Å². The lowest BCUT2D eigenvalue weighted by molar-refractivity contribution is -0.122. The highest BCUT2D eigenvalue weighted by Crippen LogP contribution is 2.13. The second-order valence-corrected chi connectivity index (χ2v) is 5.84. The molecule has 1 amide bonds. The number of hydrogen-bond acceptors (Lipinski definition) is 4. The average Bonchev–Trinajstić information content (AvgIpc) is 2.54. The molecule has 0 bridgehead atoms. The van der Waals surface area contributed by atoms with Gasteiger partial charge in [-0.2, -0.15) is 0 Å². The minimum atomic E-state index is -0.296. The van der Waals surface area contributed by atoms with E-state index in [1.165, 1.54) is 18.6 Å². The zero-order chi connectivity index (χ0) is 16.5. The monoisotopic (exact) mass is 324 g/mol. The Morgan fingerprint density at radius 1 is 1.39 bits per heavy atom. The quantitative estimate of drug-likeness (QED) is 0.741. The lowest BCUT2D eigenvalue weighted by Gasteiger charge is -2.27. The van der Waals surface area contributed by atoms with Gasteiger partial charge in [0.25, 0.3) is 0 Å². The molecule has 1 aliphatic rings. The van der Waals surface area contributed by atoms with E-state index in [1.807, 2.05) is 11.9 Å². The lowest BCUT2D eigenvalue weighted by Crippen LogP contribution is -2.41. The highest BCUT2D eigenvalue weighted by atomic mass is 19.1. The average molecular weight is 324 g/mol. The van der Waals surface area contributed by atoms with Crippen LogP contribution in [0.5, 0.6) is 5.75 Å². The van der Waals surface area contributed by atoms with Crippen LogP contribution in [0, 0.1) is 5.82 Å². The first-order chi connectivity index (χ1) is 11.1. The summed E-state index contributed by atoms with van der Waals surface area (Å²) in [6, 6.07) is 5.82. The molecule has 0 aromatic heterocycles. The molecule has 1 fully saturated rings. The van der Waals surface area contributed by atoms with E-state index >= 15 is 0 Å². The maximum atomic E-state index is 12.7. The summed E-state index contributed by atoms with van der Waals surface area (Å²) in [5.41, 5.74) is 0. The maximum Gasteiger partial charge on any atom is 0.234 e. The number of carbonyl (C=O) groups excluding carboxylic acids is 1. The van der Waals surface area contributed by atoms with E-state index in [9.17, 15) is 9.18 Å². The zero-order valence-electron chi connectivity index (χ0n) is 13.6. The third kappa shape index (κ3) is 6.97. The number of nitrogens with zero attached hydrogens (tertiary/aromatic N) is 1. The van der Waals surface area contributed by atoms with Gasteiger partial charge >= 0.3 is 0 Å². The summed E-state index contributed by atoms with van der Waals surface area (Å²) in [6.45, 7) is 2.72. The van der Waals surface area contributed by atoms with Crippen LogP contribution in [-0.2, 0) is 9.53 Å². The fraction of sp³-hybridized carbons (Fsp3) is 0.588. The number of carbonyl (C=O) groups is 1. The van der Waals surface area contributed by atoms with Gasteiger partial charge in [-0.1, -0.05) is 0 Å². The van der Waals surface area contributed by atoms with E-state index in [2.05, 4.69) is 5.32 Å². The number of rotatable bonds is 8. The molecule has 0 radical (unpaired) electrons. The summed E-state index contributed by atoms with van der Waals surface area (Å²) in [7, 11) is 1.92. The Morgan fingerprint density at radius 2 is 2.17 bits per heavy atom. The van der Waals surface area contributed by atoms with Gasteiger partial charge in [0.1, 0.15) is 18.2 Å². The number of hydrogen-bond donors (Lipinski definition) is 1. The van der Waals surface area contributed by atoms with Crippen LogP contribution in [0.4, 0.5) is 4.39 Å². The summed E-state index contributed by atoms with van der Waals surface area (Å²) in [6.07, 6.45) is 3.64. The van der Waals surface area contributed by atoms with Crippen molar-refractivity contribution in [3.8, 4) is 5.75 Å². The molecule has 1 unspecified atom stereocenters. The minimum absolute atomic E-state index is 0.0361. The van der Waals surface area contributed by atoms with Crippen LogP contribution in [0.15, 0.2) is 24.3 Å². The summed E-state index contributed by atoms with van der Waals surface area (Å²) in [5.74, 6) is 0.258. The number of likely N-dealkylation sites (N-methyl/N-ethyl adjacent to an activating group) is 1. The summed E-state index contributed by atoms with van der Waals surface area (Å²) in [5, 5.41) is 2.81. The predicted molar refractivity (Wildman–Crippen MR) is 86.0 cm³/mol. The Labute approximate surface area is 136 Å².